The third kappa shape index (κ3) is 1.76. The second kappa shape index (κ2) is 3.41. The SMILES string of the molecule is Fc1c(Br)cc(S)c(Br)c1F. The Kier molecular flexibility index (Phi) is 2.94. The van der Waals surface area contributed by atoms with E-state index in [0.717, 1.165) is 0 Å². The molecule has 0 atom stereocenters. The molecule has 0 aliphatic heterocycles. The first kappa shape index (κ1) is 9.48. The Morgan fingerprint density at radius 2 is 1.73 bits per heavy atom. The smallest absolute Gasteiger partial charge is 0.175 e. The summed E-state index contributed by atoms with van der Waals surface area (Å²) in [6.07, 6.45) is 0. The van der Waals surface area contributed by atoms with Crippen molar-refractivity contribution in [2.45, 2.75) is 4.90 Å². The minimum atomic E-state index is -0.927. The van der Waals surface area contributed by atoms with Crippen molar-refractivity contribution in [3.05, 3.63) is 26.6 Å². The first-order valence-corrected chi connectivity index (χ1v) is 4.59. The van der Waals surface area contributed by atoms with Crippen molar-refractivity contribution in [3.8, 4) is 0 Å². The number of hydrogen-bond acceptors (Lipinski definition) is 1. The first-order valence-electron chi connectivity index (χ1n) is 2.56. The van der Waals surface area contributed by atoms with Crippen LogP contribution in [0.5, 0.6) is 0 Å². The Bertz CT molecular complexity index is 275. The summed E-state index contributed by atoms with van der Waals surface area (Å²) in [5.41, 5.74) is 0. The molecule has 0 nitrogen and oxygen atoms in total. The summed E-state index contributed by atoms with van der Waals surface area (Å²) in [7, 11) is 0. The molecule has 11 heavy (non-hydrogen) atoms. The van der Waals surface area contributed by atoms with Gasteiger partial charge in [-0.25, -0.2) is 8.78 Å². The molecular weight excluding hydrogens is 302 g/mol. The lowest BCUT2D eigenvalue weighted by molar-refractivity contribution is 0.496. The van der Waals surface area contributed by atoms with Crippen molar-refractivity contribution in [2.75, 3.05) is 0 Å². The predicted octanol–water partition coefficient (Wildman–Crippen LogP) is 3.78. The fourth-order valence-corrected chi connectivity index (χ4v) is 1.66. The third-order valence-electron chi connectivity index (χ3n) is 1.08. The molecule has 0 spiro atoms. The van der Waals surface area contributed by atoms with E-state index < -0.39 is 11.6 Å². The van der Waals surface area contributed by atoms with Crippen LogP contribution in [0.15, 0.2) is 19.9 Å². The van der Waals surface area contributed by atoms with Crippen molar-refractivity contribution >= 4 is 44.5 Å². The molecule has 0 heterocycles. The zero-order chi connectivity index (χ0) is 8.59. The Morgan fingerprint density at radius 3 is 2.27 bits per heavy atom. The van der Waals surface area contributed by atoms with Gasteiger partial charge in [0.25, 0.3) is 0 Å². The number of hydrogen-bond donors (Lipinski definition) is 1. The van der Waals surface area contributed by atoms with Gasteiger partial charge < -0.3 is 0 Å². The second-order valence-corrected chi connectivity index (χ2v) is 3.95. The molecule has 0 aliphatic rings. The molecule has 0 aliphatic carbocycles. The summed E-state index contributed by atoms with van der Waals surface area (Å²) in [5, 5.41) is 0. The van der Waals surface area contributed by atoms with Crippen LogP contribution in [0.25, 0.3) is 0 Å². The van der Waals surface area contributed by atoms with Crippen LogP contribution in [0.1, 0.15) is 0 Å². The van der Waals surface area contributed by atoms with Gasteiger partial charge in [0.15, 0.2) is 11.6 Å². The van der Waals surface area contributed by atoms with Gasteiger partial charge in [-0.1, -0.05) is 0 Å². The van der Waals surface area contributed by atoms with E-state index in [2.05, 4.69) is 44.5 Å². The number of halogens is 4. The maximum atomic E-state index is 12.8. The van der Waals surface area contributed by atoms with Crippen molar-refractivity contribution in [3.63, 3.8) is 0 Å². The minimum absolute atomic E-state index is 0.0431. The van der Waals surface area contributed by atoms with Gasteiger partial charge in [-0.05, 0) is 37.9 Å². The molecule has 60 valence electrons. The number of rotatable bonds is 0. The molecule has 0 bridgehead atoms. The Balaban J connectivity index is 3.46. The van der Waals surface area contributed by atoms with E-state index in [-0.39, 0.29) is 8.95 Å². The topological polar surface area (TPSA) is 0 Å². The van der Waals surface area contributed by atoms with E-state index in [1.165, 1.54) is 6.07 Å². The number of benzene rings is 1. The van der Waals surface area contributed by atoms with Crippen LogP contribution < -0.4 is 0 Å². The minimum Gasteiger partial charge on any atom is -0.202 e. The molecule has 0 fully saturated rings. The van der Waals surface area contributed by atoms with Crippen LogP contribution in [0.4, 0.5) is 8.78 Å². The average molecular weight is 304 g/mol. The Morgan fingerprint density at radius 1 is 1.18 bits per heavy atom. The standard InChI is InChI=1S/C6H2Br2F2S/c7-2-1-3(11)4(8)6(10)5(2)9/h1,11H. The van der Waals surface area contributed by atoms with Crippen molar-refractivity contribution in [2.24, 2.45) is 0 Å². The van der Waals surface area contributed by atoms with Gasteiger partial charge in [0.1, 0.15) is 0 Å². The third-order valence-corrected chi connectivity index (χ3v) is 3.09. The fourth-order valence-electron chi connectivity index (χ4n) is 0.560. The lowest BCUT2D eigenvalue weighted by Crippen LogP contribution is -1.88. The van der Waals surface area contributed by atoms with Gasteiger partial charge in [-0.2, -0.15) is 0 Å². The summed E-state index contributed by atoms with van der Waals surface area (Å²) >= 11 is 9.60. The molecular formula is C6H2Br2F2S. The summed E-state index contributed by atoms with van der Waals surface area (Å²) in [5.74, 6) is -1.83. The monoisotopic (exact) mass is 302 g/mol. The molecule has 0 aromatic heterocycles. The summed E-state index contributed by atoms with van der Waals surface area (Å²) in [4.78, 5) is 0.357. The average Bonchev–Trinajstić information content (AvgIpc) is 1.97. The Hall–Kier alpha value is 0.390. The zero-order valence-electron chi connectivity index (χ0n) is 5.04. The fraction of sp³-hybridized carbons (Fsp3) is 0. The summed E-state index contributed by atoms with van der Waals surface area (Å²) < 4.78 is 25.6. The quantitative estimate of drug-likeness (QED) is 0.421. The highest BCUT2D eigenvalue weighted by atomic mass is 79.9. The van der Waals surface area contributed by atoms with E-state index in [1.807, 2.05) is 0 Å². The van der Waals surface area contributed by atoms with Crippen molar-refractivity contribution in [1.82, 2.24) is 0 Å². The van der Waals surface area contributed by atoms with E-state index in [0.29, 0.717) is 4.90 Å². The zero-order valence-corrected chi connectivity index (χ0v) is 9.10. The molecule has 0 saturated heterocycles. The van der Waals surface area contributed by atoms with Crippen LogP contribution in [-0.4, -0.2) is 0 Å². The summed E-state index contributed by atoms with van der Waals surface area (Å²) in [6.45, 7) is 0. The van der Waals surface area contributed by atoms with Crippen LogP contribution >= 0.6 is 44.5 Å². The largest absolute Gasteiger partial charge is 0.202 e. The van der Waals surface area contributed by atoms with Gasteiger partial charge in [0.05, 0.1) is 8.95 Å². The predicted molar refractivity (Wildman–Crippen MR) is 49.0 cm³/mol. The molecule has 0 saturated carbocycles. The van der Waals surface area contributed by atoms with E-state index >= 15 is 0 Å². The highest BCUT2D eigenvalue weighted by molar-refractivity contribution is 9.11. The van der Waals surface area contributed by atoms with E-state index in [9.17, 15) is 8.78 Å². The van der Waals surface area contributed by atoms with Gasteiger partial charge in [-0.15, -0.1) is 12.6 Å². The lowest BCUT2D eigenvalue weighted by atomic mass is 10.3. The molecule has 1 aromatic carbocycles. The van der Waals surface area contributed by atoms with Gasteiger partial charge in [0, 0.05) is 4.90 Å². The van der Waals surface area contributed by atoms with Gasteiger partial charge in [-0.3, -0.25) is 0 Å². The maximum Gasteiger partial charge on any atom is 0.175 e. The first-order chi connectivity index (χ1) is 5.04. The van der Waals surface area contributed by atoms with Gasteiger partial charge in [0.2, 0.25) is 0 Å². The molecule has 0 N–H and O–H groups in total. The van der Waals surface area contributed by atoms with Crippen LogP contribution in [0.3, 0.4) is 0 Å². The van der Waals surface area contributed by atoms with Crippen LogP contribution in [-0.2, 0) is 0 Å². The highest BCUT2D eigenvalue weighted by Gasteiger charge is 2.12. The molecule has 0 unspecified atom stereocenters. The molecule has 0 amide bonds. The van der Waals surface area contributed by atoms with Crippen LogP contribution in [0, 0.1) is 11.6 Å². The maximum absolute atomic E-state index is 12.8. The molecule has 1 rings (SSSR count). The van der Waals surface area contributed by atoms with E-state index in [1.54, 1.807) is 0 Å². The van der Waals surface area contributed by atoms with Gasteiger partial charge >= 0.3 is 0 Å². The normalized spacial score (nSPS) is 10.3. The highest BCUT2D eigenvalue weighted by Crippen LogP contribution is 2.30. The van der Waals surface area contributed by atoms with Crippen molar-refractivity contribution < 1.29 is 8.78 Å². The summed E-state index contributed by atoms with van der Waals surface area (Å²) in [6, 6.07) is 1.38. The Labute approximate surface area is 84.7 Å². The van der Waals surface area contributed by atoms with Crippen LogP contribution in [0.2, 0.25) is 0 Å². The van der Waals surface area contributed by atoms with Crippen molar-refractivity contribution in [1.29, 1.82) is 0 Å². The molecule has 1 aromatic rings. The van der Waals surface area contributed by atoms with E-state index in [4.69, 9.17) is 0 Å². The molecule has 5 heteroatoms. The lowest BCUT2D eigenvalue weighted by Gasteiger charge is -2.01. The second-order valence-electron chi connectivity index (χ2n) is 1.82. The molecule has 0 radical (unpaired) electrons. The number of thiol groups is 1.